The Balaban J connectivity index is 2.87. The van der Waals surface area contributed by atoms with Crippen molar-refractivity contribution in [2.75, 3.05) is 14.2 Å². The Hall–Kier alpha value is -1.51. The van der Waals surface area contributed by atoms with Crippen LogP contribution >= 0.6 is 0 Å². The normalized spacial score (nSPS) is 12.0. The SMILES string of the molecule is CCC(=O)[C@@H](CC)Cc1ccc(OC)c(OC)c1. The molecule has 3 nitrogen and oxygen atoms in total. The lowest BCUT2D eigenvalue weighted by molar-refractivity contribution is -0.122. The number of methoxy groups -OCH3 is 2. The molecular weight excluding hydrogens is 228 g/mol. The van der Waals surface area contributed by atoms with Gasteiger partial charge in [0.25, 0.3) is 0 Å². The third-order valence-electron chi connectivity index (χ3n) is 3.23. The molecule has 0 bridgehead atoms. The second-order valence-corrected chi connectivity index (χ2v) is 4.32. The lowest BCUT2D eigenvalue weighted by atomic mass is 9.91. The zero-order valence-electron chi connectivity index (χ0n) is 11.7. The number of hydrogen-bond donors (Lipinski definition) is 0. The van der Waals surface area contributed by atoms with Crippen LogP contribution in [0.2, 0.25) is 0 Å². The van der Waals surface area contributed by atoms with Crippen LogP contribution in [0, 0.1) is 5.92 Å². The molecule has 0 saturated heterocycles. The average molecular weight is 250 g/mol. The highest BCUT2D eigenvalue weighted by atomic mass is 16.5. The summed E-state index contributed by atoms with van der Waals surface area (Å²) in [6, 6.07) is 5.83. The van der Waals surface area contributed by atoms with E-state index in [1.807, 2.05) is 25.1 Å². The summed E-state index contributed by atoms with van der Waals surface area (Å²) >= 11 is 0. The Morgan fingerprint density at radius 3 is 2.33 bits per heavy atom. The molecule has 0 aliphatic carbocycles. The summed E-state index contributed by atoms with van der Waals surface area (Å²) in [7, 11) is 3.24. The monoisotopic (exact) mass is 250 g/mol. The minimum Gasteiger partial charge on any atom is -0.493 e. The Kier molecular flexibility index (Phi) is 5.69. The van der Waals surface area contributed by atoms with Crippen molar-refractivity contribution in [1.29, 1.82) is 0 Å². The summed E-state index contributed by atoms with van der Waals surface area (Å²) in [4.78, 5) is 11.8. The van der Waals surface area contributed by atoms with Gasteiger partial charge in [-0.2, -0.15) is 0 Å². The lowest BCUT2D eigenvalue weighted by Crippen LogP contribution is -2.15. The van der Waals surface area contributed by atoms with Crippen LogP contribution in [0.5, 0.6) is 11.5 Å². The van der Waals surface area contributed by atoms with Gasteiger partial charge in [0.1, 0.15) is 5.78 Å². The molecule has 1 aromatic rings. The number of benzene rings is 1. The van der Waals surface area contributed by atoms with Gasteiger partial charge in [0.15, 0.2) is 11.5 Å². The number of Topliss-reactive ketones (excluding diaryl/α,β-unsaturated/α-hetero) is 1. The number of hydrogen-bond acceptors (Lipinski definition) is 3. The zero-order chi connectivity index (χ0) is 13.5. The maximum atomic E-state index is 11.8. The van der Waals surface area contributed by atoms with Crippen LogP contribution in [0.1, 0.15) is 32.3 Å². The van der Waals surface area contributed by atoms with Crippen molar-refractivity contribution >= 4 is 5.78 Å². The predicted molar refractivity (Wildman–Crippen MR) is 72.3 cm³/mol. The molecule has 0 aliphatic rings. The highest BCUT2D eigenvalue weighted by Crippen LogP contribution is 2.29. The first kappa shape index (κ1) is 14.6. The fraction of sp³-hybridized carbons (Fsp3) is 0.533. The number of ether oxygens (including phenoxy) is 2. The summed E-state index contributed by atoms with van der Waals surface area (Å²) in [5.41, 5.74) is 1.11. The van der Waals surface area contributed by atoms with Crippen molar-refractivity contribution < 1.29 is 14.3 Å². The quantitative estimate of drug-likeness (QED) is 0.745. The number of carbonyl (C=O) groups is 1. The van der Waals surface area contributed by atoms with Crippen molar-refractivity contribution in [3.05, 3.63) is 23.8 Å². The summed E-state index contributed by atoms with van der Waals surface area (Å²) in [5.74, 6) is 1.87. The van der Waals surface area contributed by atoms with E-state index in [1.165, 1.54) is 0 Å². The third kappa shape index (κ3) is 3.49. The van der Waals surface area contributed by atoms with Crippen LogP contribution in [0.15, 0.2) is 18.2 Å². The van der Waals surface area contributed by atoms with E-state index in [2.05, 4.69) is 6.92 Å². The molecule has 3 heteroatoms. The van der Waals surface area contributed by atoms with Gasteiger partial charge < -0.3 is 9.47 Å². The second kappa shape index (κ2) is 7.04. The van der Waals surface area contributed by atoms with E-state index >= 15 is 0 Å². The van der Waals surface area contributed by atoms with Crippen molar-refractivity contribution in [3.63, 3.8) is 0 Å². The van der Waals surface area contributed by atoms with Crippen LogP contribution in [0.4, 0.5) is 0 Å². The molecule has 0 aromatic heterocycles. The highest BCUT2D eigenvalue weighted by molar-refractivity contribution is 5.80. The largest absolute Gasteiger partial charge is 0.493 e. The second-order valence-electron chi connectivity index (χ2n) is 4.32. The van der Waals surface area contributed by atoms with E-state index in [-0.39, 0.29) is 5.92 Å². The number of rotatable bonds is 7. The van der Waals surface area contributed by atoms with Gasteiger partial charge >= 0.3 is 0 Å². The van der Waals surface area contributed by atoms with E-state index in [9.17, 15) is 4.79 Å². The van der Waals surface area contributed by atoms with Crippen molar-refractivity contribution in [1.82, 2.24) is 0 Å². The highest BCUT2D eigenvalue weighted by Gasteiger charge is 2.16. The molecule has 18 heavy (non-hydrogen) atoms. The van der Waals surface area contributed by atoms with Crippen molar-refractivity contribution in [2.45, 2.75) is 33.1 Å². The molecule has 0 aliphatic heterocycles. The maximum absolute atomic E-state index is 11.8. The summed E-state index contributed by atoms with van der Waals surface area (Å²) in [5, 5.41) is 0. The molecule has 0 amide bonds. The Morgan fingerprint density at radius 1 is 1.17 bits per heavy atom. The van der Waals surface area contributed by atoms with E-state index in [1.54, 1.807) is 14.2 Å². The fourth-order valence-electron chi connectivity index (χ4n) is 2.07. The molecule has 1 rings (SSSR count). The van der Waals surface area contributed by atoms with Gasteiger partial charge in [-0.25, -0.2) is 0 Å². The Bertz CT molecular complexity index is 399. The summed E-state index contributed by atoms with van der Waals surface area (Å²) < 4.78 is 10.5. The van der Waals surface area contributed by atoms with Crippen molar-refractivity contribution in [3.8, 4) is 11.5 Å². The fourth-order valence-corrected chi connectivity index (χ4v) is 2.07. The molecule has 0 radical (unpaired) electrons. The van der Waals surface area contributed by atoms with E-state index in [0.29, 0.717) is 18.0 Å². The Labute approximate surface area is 109 Å². The number of ketones is 1. The van der Waals surface area contributed by atoms with Crippen molar-refractivity contribution in [2.24, 2.45) is 5.92 Å². The summed E-state index contributed by atoms with van der Waals surface area (Å²) in [6.07, 6.45) is 2.25. The first-order valence-corrected chi connectivity index (χ1v) is 6.39. The maximum Gasteiger partial charge on any atom is 0.160 e. The molecule has 0 heterocycles. The number of carbonyl (C=O) groups excluding carboxylic acids is 1. The lowest BCUT2D eigenvalue weighted by Gasteiger charge is -2.14. The molecule has 0 spiro atoms. The molecule has 0 saturated carbocycles. The van der Waals surface area contributed by atoms with E-state index in [0.717, 1.165) is 24.2 Å². The molecule has 1 aromatic carbocycles. The molecule has 1 atom stereocenters. The van der Waals surface area contributed by atoms with Gasteiger partial charge in [-0.1, -0.05) is 19.9 Å². The predicted octanol–water partition coefficient (Wildman–Crippen LogP) is 3.25. The molecule has 0 fully saturated rings. The van der Waals surface area contributed by atoms with Gasteiger partial charge in [-0.15, -0.1) is 0 Å². The minimum absolute atomic E-state index is 0.105. The van der Waals surface area contributed by atoms with Gasteiger partial charge in [0.2, 0.25) is 0 Å². The zero-order valence-corrected chi connectivity index (χ0v) is 11.7. The first-order chi connectivity index (χ1) is 8.65. The molecule has 0 N–H and O–H groups in total. The Morgan fingerprint density at radius 2 is 1.83 bits per heavy atom. The van der Waals surface area contributed by atoms with Crippen LogP contribution in [0.3, 0.4) is 0 Å². The van der Waals surface area contributed by atoms with Crippen LogP contribution < -0.4 is 9.47 Å². The topological polar surface area (TPSA) is 35.5 Å². The van der Waals surface area contributed by atoms with Gasteiger partial charge in [-0.05, 0) is 30.5 Å². The van der Waals surface area contributed by atoms with Gasteiger partial charge in [0.05, 0.1) is 14.2 Å². The molecule has 100 valence electrons. The molecular formula is C15H22O3. The smallest absolute Gasteiger partial charge is 0.160 e. The molecule has 0 unspecified atom stereocenters. The summed E-state index contributed by atoms with van der Waals surface area (Å²) in [6.45, 7) is 3.97. The van der Waals surface area contributed by atoms with Crippen LogP contribution in [-0.2, 0) is 11.2 Å². The standard InChI is InChI=1S/C15H22O3/c1-5-12(13(16)6-2)9-11-7-8-14(17-3)15(10-11)18-4/h7-8,10,12H,5-6,9H2,1-4H3/t12-/m0/s1. The van der Waals surface area contributed by atoms with Crippen LogP contribution in [0.25, 0.3) is 0 Å². The third-order valence-corrected chi connectivity index (χ3v) is 3.23. The van der Waals surface area contributed by atoms with E-state index < -0.39 is 0 Å². The van der Waals surface area contributed by atoms with Crippen LogP contribution in [-0.4, -0.2) is 20.0 Å². The minimum atomic E-state index is 0.105. The van der Waals surface area contributed by atoms with Gasteiger partial charge in [-0.3, -0.25) is 4.79 Å². The average Bonchev–Trinajstić information content (AvgIpc) is 2.43. The first-order valence-electron chi connectivity index (χ1n) is 6.39. The van der Waals surface area contributed by atoms with E-state index in [4.69, 9.17) is 9.47 Å². The van der Waals surface area contributed by atoms with Gasteiger partial charge in [0, 0.05) is 12.3 Å².